The fraction of sp³-hybridized carbons (Fsp3) is 0.583. The number of hydrogen-bond acceptors (Lipinski definition) is 3. The van der Waals surface area contributed by atoms with E-state index in [1.807, 2.05) is 17.8 Å². The highest BCUT2D eigenvalue weighted by Crippen LogP contribution is 2.23. The Morgan fingerprint density at radius 1 is 1.44 bits per heavy atom. The minimum Gasteiger partial charge on any atom is -0.355 e. The molecule has 0 aromatic carbocycles. The highest BCUT2D eigenvalue weighted by Gasteiger charge is 2.18. The second-order valence-electron chi connectivity index (χ2n) is 4.12. The molecule has 0 amide bonds. The van der Waals surface area contributed by atoms with Crippen LogP contribution in [0.4, 0.5) is 10.2 Å². The quantitative estimate of drug-likeness (QED) is 0.739. The van der Waals surface area contributed by atoms with Crippen molar-refractivity contribution in [2.24, 2.45) is 0 Å². The monoisotopic (exact) mass is 240 g/mol. The molecule has 16 heavy (non-hydrogen) atoms. The van der Waals surface area contributed by atoms with Crippen molar-refractivity contribution in [3.05, 3.63) is 24.1 Å². The average molecular weight is 240 g/mol. The molecule has 1 aliphatic heterocycles. The molecule has 88 valence electrons. The molecule has 0 saturated carbocycles. The molecule has 1 aliphatic rings. The van der Waals surface area contributed by atoms with Crippen LogP contribution in [0, 0.1) is 5.95 Å². The third-order valence-corrected chi connectivity index (χ3v) is 4.04. The van der Waals surface area contributed by atoms with Crippen LogP contribution in [0.1, 0.15) is 19.3 Å². The van der Waals surface area contributed by atoms with E-state index in [0.29, 0.717) is 5.25 Å². The van der Waals surface area contributed by atoms with Gasteiger partial charge in [-0.2, -0.15) is 16.2 Å². The van der Waals surface area contributed by atoms with Crippen molar-refractivity contribution in [3.8, 4) is 0 Å². The number of thioether (sulfide) groups is 1. The maximum atomic E-state index is 13.1. The van der Waals surface area contributed by atoms with Crippen LogP contribution in [0.3, 0.4) is 0 Å². The van der Waals surface area contributed by atoms with E-state index in [-0.39, 0.29) is 5.95 Å². The first-order valence-electron chi connectivity index (χ1n) is 5.70. The first-order chi connectivity index (χ1) is 7.79. The van der Waals surface area contributed by atoms with Gasteiger partial charge in [-0.1, -0.05) is 12.5 Å². The number of hydrogen-bond donors (Lipinski definition) is 0. The molecule has 4 heteroatoms. The van der Waals surface area contributed by atoms with Crippen LogP contribution in [0.15, 0.2) is 18.2 Å². The molecule has 1 atom stereocenters. The summed E-state index contributed by atoms with van der Waals surface area (Å²) in [7, 11) is 0. The standard InChI is InChI=1S/C12H17FN2S/c1-16-10-5-2-3-8-15(9-10)12-7-4-6-11(13)14-12/h4,6-7,10H,2-3,5,8-9H2,1H3. The van der Waals surface area contributed by atoms with Gasteiger partial charge in [-0.25, -0.2) is 4.98 Å². The number of pyridine rings is 1. The SMILES string of the molecule is CSC1CCCCN(c2cccc(F)n2)C1. The Labute approximate surface area is 100 Å². The van der Waals surface area contributed by atoms with Crippen molar-refractivity contribution in [2.75, 3.05) is 24.2 Å². The zero-order valence-electron chi connectivity index (χ0n) is 9.53. The Balaban J connectivity index is 2.12. The van der Waals surface area contributed by atoms with E-state index < -0.39 is 0 Å². The Bertz CT molecular complexity index is 346. The summed E-state index contributed by atoms with van der Waals surface area (Å²) in [4.78, 5) is 6.16. The van der Waals surface area contributed by atoms with Crippen LogP contribution in [-0.4, -0.2) is 29.6 Å². The number of aromatic nitrogens is 1. The molecule has 2 nitrogen and oxygen atoms in total. The topological polar surface area (TPSA) is 16.1 Å². The average Bonchev–Trinajstić information content (AvgIpc) is 2.54. The predicted octanol–water partition coefficient (Wildman–Crippen LogP) is 2.94. The first kappa shape index (κ1) is 11.7. The van der Waals surface area contributed by atoms with Gasteiger partial charge in [0.25, 0.3) is 0 Å². The molecule has 1 fully saturated rings. The lowest BCUT2D eigenvalue weighted by atomic mass is 10.2. The highest BCUT2D eigenvalue weighted by atomic mass is 32.2. The molecule has 0 spiro atoms. The number of halogens is 1. The largest absolute Gasteiger partial charge is 0.355 e. The zero-order valence-corrected chi connectivity index (χ0v) is 10.3. The lowest BCUT2D eigenvalue weighted by Gasteiger charge is -2.24. The van der Waals surface area contributed by atoms with Crippen molar-refractivity contribution >= 4 is 17.6 Å². The molecule has 1 aromatic heterocycles. The summed E-state index contributed by atoms with van der Waals surface area (Å²) in [6.07, 6.45) is 5.84. The van der Waals surface area contributed by atoms with Gasteiger partial charge in [0.1, 0.15) is 5.82 Å². The van der Waals surface area contributed by atoms with Gasteiger partial charge in [-0.15, -0.1) is 0 Å². The van der Waals surface area contributed by atoms with E-state index in [4.69, 9.17) is 0 Å². The van der Waals surface area contributed by atoms with Gasteiger partial charge in [0.05, 0.1) is 0 Å². The van der Waals surface area contributed by atoms with Crippen LogP contribution in [0.5, 0.6) is 0 Å². The number of nitrogens with zero attached hydrogens (tertiary/aromatic N) is 2. The molecule has 0 N–H and O–H groups in total. The maximum Gasteiger partial charge on any atom is 0.214 e. The second kappa shape index (κ2) is 5.53. The molecule has 1 unspecified atom stereocenters. The smallest absolute Gasteiger partial charge is 0.214 e. The summed E-state index contributed by atoms with van der Waals surface area (Å²) in [5, 5.41) is 0.646. The number of rotatable bonds is 2. The third kappa shape index (κ3) is 2.88. The second-order valence-corrected chi connectivity index (χ2v) is 5.26. The van der Waals surface area contributed by atoms with E-state index >= 15 is 0 Å². The zero-order chi connectivity index (χ0) is 11.4. The van der Waals surface area contributed by atoms with Crippen molar-refractivity contribution in [2.45, 2.75) is 24.5 Å². The summed E-state index contributed by atoms with van der Waals surface area (Å²) in [6, 6.07) is 5.02. The normalized spacial score (nSPS) is 21.9. The van der Waals surface area contributed by atoms with E-state index in [9.17, 15) is 4.39 Å². The Morgan fingerprint density at radius 2 is 2.31 bits per heavy atom. The summed E-state index contributed by atoms with van der Waals surface area (Å²) in [5.74, 6) is 0.392. The van der Waals surface area contributed by atoms with Crippen LogP contribution in [0.2, 0.25) is 0 Å². The maximum absolute atomic E-state index is 13.1. The van der Waals surface area contributed by atoms with Gasteiger partial charge >= 0.3 is 0 Å². The molecule has 0 bridgehead atoms. The van der Waals surface area contributed by atoms with E-state index in [0.717, 1.165) is 18.9 Å². The van der Waals surface area contributed by atoms with Gasteiger partial charge in [0.2, 0.25) is 5.95 Å². The van der Waals surface area contributed by atoms with Crippen molar-refractivity contribution in [3.63, 3.8) is 0 Å². The van der Waals surface area contributed by atoms with Crippen molar-refractivity contribution in [1.82, 2.24) is 4.98 Å². The van der Waals surface area contributed by atoms with Gasteiger partial charge in [-0.05, 0) is 31.2 Å². The molecule has 0 aliphatic carbocycles. The summed E-state index contributed by atoms with van der Waals surface area (Å²) >= 11 is 1.90. The van der Waals surface area contributed by atoms with E-state index in [1.54, 1.807) is 6.07 Å². The molecule has 2 heterocycles. The third-order valence-electron chi connectivity index (χ3n) is 2.99. The fourth-order valence-corrected chi connectivity index (χ4v) is 2.81. The van der Waals surface area contributed by atoms with Gasteiger partial charge in [0.15, 0.2) is 0 Å². The van der Waals surface area contributed by atoms with Gasteiger partial charge in [0, 0.05) is 18.3 Å². The summed E-state index contributed by atoms with van der Waals surface area (Å²) in [6.45, 7) is 1.98. The van der Waals surface area contributed by atoms with Crippen LogP contribution < -0.4 is 4.90 Å². The molecule has 1 saturated heterocycles. The van der Waals surface area contributed by atoms with Crippen LogP contribution in [0.25, 0.3) is 0 Å². The Kier molecular flexibility index (Phi) is 4.04. The van der Waals surface area contributed by atoms with Gasteiger partial charge < -0.3 is 4.90 Å². The van der Waals surface area contributed by atoms with Crippen molar-refractivity contribution in [1.29, 1.82) is 0 Å². The molecular weight excluding hydrogens is 223 g/mol. The van der Waals surface area contributed by atoms with Gasteiger partial charge in [-0.3, -0.25) is 0 Å². The lowest BCUT2D eigenvalue weighted by molar-refractivity contribution is 0.580. The van der Waals surface area contributed by atoms with Crippen LogP contribution >= 0.6 is 11.8 Å². The molecule has 2 rings (SSSR count). The minimum absolute atomic E-state index is 0.387. The minimum atomic E-state index is -0.387. The van der Waals surface area contributed by atoms with Crippen LogP contribution in [-0.2, 0) is 0 Å². The summed E-state index contributed by atoms with van der Waals surface area (Å²) < 4.78 is 13.1. The predicted molar refractivity (Wildman–Crippen MR) is 67.6 cm³/mol. The fourth-order valence-electron chi connectivity index (χ4n) is 2.08. The molecule has 0 radical (unpaired) electrons. The van der Waals surface area contributed by atoms with E-state index in [1.165, 1.54) is 25.3 Å². The molecule has 1 aromatic rings. The summed E-state index contributed by atoms with van der Waals surface area (Å²) in [5.41, 5.74) is 0. The lowest BCUT2D eigenvalue weighted by Crippen LogP contribution is -2.30. The highest BCUT2D eigenvalue weighted by molar-refractivity contribution is 7.99. The molecular formula is C12H17FN2S. The van der Waals surface area contributed by atoms with Crippen molar-refractivity contribution < 1.29 is 4.39 Å². The Morgan fingerprint density at radius 3 is 3.06 bits per heavy atom. The van der Waals surface area contributed by atoms with E-state index in [2.05, 4.69) is 16.1 Å². The first-order valence-corrected chi connectivity index (χ1v) is 6.98. The number of anilines is 1. The Hall–Kier alpha value is -0.770.